The van der Waals surface area contributed by atoms with Crippen molar-refractivity contribution in [3.63, 3.8) is 0 Å². The molecule has 0 fully saturated rings. The van der Waals surface area contributed by atoms with Gasteiger partial charge in [-0.3, -0.25) is 14.4 Å². The number of benzene rings is 1. The number of rotatable bonds is 12. The Morgan fingerprint density at radius 3 is 1.90 bits per heavy atom. The third-order valence-corrected chi connectivity index (χ3v) is 5.05. The van der Waals surface area contributed by atoms with Crippen LogP contribution in [0.3, 0.4) is 0 Å². The minimum atomic E-state index is -0.372. The Bertz CT molecular complexity index is 671. The summed E-state index contributed by atoms with van der Waals surface area (Å²) in [4.78, 5) is 40.4. The molecule has 0 aliphatic carbocycles. The number of halogens is 2. The van der Waals surface area contributed by atoms with Crippen molar-refractivity contribution in [2.75, 3.05) is 31.5 Å². The topological polar surface area (TPSA) is 69.7 Å². The average molecular weight is 444 g/mol. The normalized spacial score (nSPS) is 10.5. The molecule has 1 aromatic carbocycles. The van der Waals surface area contributed by atoms with Gasteiger partial charge in [-0.25, -0.2) is 0 Å². The standard InChI is InChI=1S/C21H31Cl2N3O3/c1-4-13-26(14-5-2)20(29)12-8-11-19(28)25(6-3)15-18(27)24-21-16(22)9-7-10-17(21)23/h7,9-10H,4-6,8,11-15H2,1-3H3,(H,24,27). The summed E-state index contributed by atoms with van der Waals surface area (Å²) in [5.74, 6) is -0.447. The van der Waals surface area contributed by atoms with Gasteiger partial charge in [-0.2, -0.15) is 0 Å². The Kier molecular flexibility index (Phi) is 11.7. The van der Waals surface area contributed by atoms with E-state index in [4.69, 9.17) is 23.2 Å². The largest absolute Gasteiger partial charge is 0.343 e. The van der Waals surface area contributed by atoms with Crippen molar-refractivity contribution in [3.05, 3.63) is 28.2 Å². The van der Waals surface area contributed by atoms with Crippen LogP contribution >= 0.6 is 23.2 Å². The minimum absolute atomic E-state index is 0.0793. The quantitative estimate of drug-likeness (QED) is 0.512. The first kappa shape index (κ1) is 25.2. The van der Waals surface area contributed by atoms with E-state index in [2.05, 4.69) is 5.32 Å². The monoisotopic (exact) mass is 443 g/mol. The van der Waals surface area contributed by atoms with Crippen LogP contribution in [0.25, 0.3) is 0 Å². The molecule has 0 saturated heterocycles. The Hall–Kier alpha value is -1.79. The first-order valence-corrected chi connectivity index (χ1v) is 10.9. The van der Waals surface area contributed by atoms with Crippen LogP contribution in [0.1, 0.15) is 52.9 Å². The van der Waals surface area contributed by atoms with Crippen molar-refractivity contribution in [2.24, 2.45) is 0 Å². The van der Waals surface area contributed by atoms with Gasteiger partial charge < -0.3 is 15.1 Å². The summed E-state index contributed by atoms with van der Waals surface area (Å²) < 4.78 is 0. The summed E-state index contributed by atoms with van der Waals surface area (Å²) >= 11 is 12.1. The van der Waals surface area contributed by atoms with E-state index in [9.17, 15) is 14.4 Å². The molecular formula is C21H31Cl2N3O3. The van der Waals surface area contributed by atoms with Crippen LogP contribution in [0.15, 0.2) is 18.2 Å². The number of hydrogen-bond donors (Lipinski definition) is 1. The maximum atomic E-state index is 12.5. The van der Waals surface area contributed by atoms with Crippen molar-refractivity contribution in [2.45, 2.75) is 52.9 Å². The van der Waals surface area contributed by atoms with Gasteiger partial charge in [0.15, 0.2) is 0 Å². The summed E-state index contributed by atoms with van der Waals surface area (Å²) in [5, 5.41) is 3.33. The van der Waals surface area contributed by atoms with Crippen molar-refractivity contribution < 1.29 is 14.4 Å². The molecule has 1 aromatic rings. The van der Waals surface area contributed by atoms with Gasteiger partial charge >= 0.3 is 0 Å². The van der Waals surface area contributed by atoms with Gasteiger partial charge in [0, 0.05) is 32.5 Å². The highest BCUT2D eigenvalue weighted by Gasteiger charge is 2.18. The fourth-order valence-electron chi connectivity index (χ4n) is 2.95. The molecule has 0 atom stereocenters. The Balaban J connectivity index is 2.52. The highest BCUT2D eigenvalue weighted by molar-refractivity contribution is 6.39. The summed E-state index contributed by atoms with van der Waals surface area (Å²) in [6, 6.07) is 4.94. The Labute approximate surface area is 183 Å². The lowest BCUT2D eigenvalue weighted by atomic mass is 10.2. The predicted molar refractivity (Wildman–Crippen MR) is 118 cm³/mol. The lowest BCUT2D eigenvalue weighted by Gasteiger charge is -2.22. The fourth-order valence-corrected chi connectivity index (χ4v) is 3.45. The first-order valence-electron chi connectivity index (χ1n) is 10.1. The summed E-state index contributed by atoms with van der Waals surface area (Å²) in [7, 11) is 0. The van der Waals surface area contributed by atoms with Crippen molar-refractivity contribution in [3.8, 4) is 0 Å². The van der Waals surface area contributed by atoms with E-state index in [1.807, 2.05) is 25.7 Å². The molecule has 3 amide bonds. The van der Waals surface area contributed by atoms with Gasteiger partial charge in [0.05, 0.1) is 22.3 Å². The SMILES string of the molecule is CCCN(CCC)C(=O)CCCC(=O)N(CC)CC(=O)Nc1c(Cl)cccc1Cl. The highest BCUT2D eigenvalue weighted by atomic mass is 35.5. The number of carbonyl (C=O) groups is 3. The van der Waals surface area contributed by atoms with Crippen LogP contribution in [0.5, 0.6) is 0 Å². The zero-order valence-electron chi connectivity index (χ0n) is 17.5. The molecule has 0 aliphatic rings. The molecule has 162 valence electrons. The van der Waals surface area contributed by atoms with Gasteiger partial charge in [-0.15, -0.1) is 0 Å². The third kappa shape index (κ3) is 8.62. The summed E-state index contributed by atoms with van der Waals surface area (Å²) in [6.07, 6.45) is 2.87. The third-order valence-electron chi connectivity index (χ3n) is 4.42. The van der Waals surface area contributed by atoms with Crippen LogP contribution in [-0.2, 0) is 14.4 Å². The van der Waals surface area contributed by atoms with Crippen molar-refractivity contribution >= 4 is 46.6 Å². The Morgan fingerprint density at radius 1 is 0.897 bits per heavy atom. The number of amides is 3. The molecule has 0 heterocycles. The number of anilines is 1. The van der Waals surface area contributed by atoms with E-state index in [1.165, 1.54) is 4.90 Å². The lowest BCUT2D eigenvalue weighted by Crippen LogP contribution is -2.38. The van der Waals surface area contributed by atoms with Gasteiger partial charge in [-0.1, -0.05) is 43.1 Å². The molecule has 0 aromatic heterocycles. The molecule has 1 rings (SSSR count). The predicted octanol–water partition coefficient (Wildman–Crippen LogP) is 4.60. The molecule has 0 unspecified atom stereocenters. The van der Waals surface area contributed by atoms with E-state index in [1.54, 1.807) is 18.2 Å². The lowest BCUT2D eigenvalue weighted by molar-refractivity contribution is -0.135. The number of carbonyl (C=O) groups excluding carboxylic acids is 3. The molecule has 0 radical (unpaired) electrons. The number of likely N-dealkylation sites (N-methyl/N-ethyl adjacent to an activating group) is 1. The van der Waals surface area contributed by atoms with Crippen molar-refractivity contribution in [1.82, 2.24) is 9.80 Å². The second-order valence-corrected chi connectivity index (χ2v) is 7.60. The number of hydrogen-bond acceptors (Lipinski definition) is 3. The van der Waals surface area contributed by atoms with Crippen LogP contribution in [0.2, 0.25) is 10.0 Å². The zero-order chi connectivity index (χ0) is 21.8. The molecule has 29 heavy (non-hydrogen) atoms. The van der Waals surface area contributed by atoms with Gasteiger partial charge in [0.25, 0.3) is 0 Å². The number of nitrogens with one attached hydrogen (secondary N) is 1. The average Bonchev–Trinajstić information content (AvgIpc) is 2.68. The van der Waals surface area contributed by atoms with Crippen LogP contribution in [-0.4, -0.2) is 53.7 Å². The second kappa shape index (κ2) is 13.4. The van der Waals surface area contributed by atoms with E-state index >= 15 is 0 Å². The molecular weight excluding hydrogens is 413 g/mol. The molecule has 1 N–H and O–H groups in total. The number of para-hydroxylation sites is 1. The fraction of sp³-hybridized carbons (Fsp3) is 0.571. The van der Waals surface area contributed by atoms with Crippen LogP contribution in [0.4, 0.5) is 5.69 Å². The van der Waals surface area contributed by atoms with Crippen LogP contribution in [0, 0.1) is 0 Å². The van der Waals surface area contributed by atoms with Gasteiger partial charge in [0.1, 0.15) is 0 Å². The minimum Gasteiger partial charge on any atom is -0.343 e. The molecule has 0 spiro atoms. The maximum absolute atomic E-state index is 12.5. The second-order valence-electron chi connectivity index (χ2n) is 6.79. The van der Waals surface area contributed by atoms with E-state index < -0.39 is 0 Å². The summed E-state index contributed by atoms with van der Waals surface area (Å²) in [5.41, 5.74) is 0.335. The maximum Gasteiger partial charge on any atom is 0.244 e. The first-order chi connectivity index (χ1) is 13.8. The highest BCUT2D eigenvalue weighted by Crippen LogP contribution is 2.29. The van der Waals surface area contributed by atoms with E-state index in [0.717, 1.165) is 25.9 Å². The Morgan fingerprint density at radius 2 is 1.41 bits per heavy atom. The van der Waals surface area contributed by atoms with Gasteiger partial charge in [-0.05, 0) is 38.3 Å². The number of nitrogens with zero attached hydrogens (tertiary/aromatic N) is 2. The van der Waals surface area contributed by atoms with E-state index in [-0.39, 0.29) is 30.7 Å². The van der Waals surface area contributed by atoms with E-state index in [0.29, 0.717) is 35.1 Å². The molecule has 0 bridgehead atoms. The van der Waals surface area contributed by atoms with Gasteiger partial charge in [0.2, 0.25) is 17.7 Å². The van der Waals surface area contributed by atoms with Crippen molar-refractivity contribution in [1.29, 1.82) is 0 Å². The summed E-state index contributed by atoms with van der Waals surface area (Å²) in [6.45, 7) is 7.68. The smallest absolute Gasteiger partial charge is 0.244 e. The molecule has 8 heteroatoms. The van der Waals surface area contributed by atoms with Crippen LogP contribution < -0.4 is 5.32 Å². The zero-order valence-corrected chi connectivity index (χ0v) is 19.0. The molecule has 0 aliphatic heterocycles. The molecule has 6 nitrogen and oxygen atoms in total. The molecule has 0 saturated carbocycles.